The Hall–Kier alpha value is -2.67. The van der Waals surface area contributed by atoms with Crippen LogP contribution in [-0.4, -0.2) is 18.4 Å². The van der Waals surface area contributed by atoms with E-state index in [9.17, 15) is 8.42 Å². The van der Waals surface area contributed by atoms with Crippen LogP contribution in [0.3, 0.4) is 0 Å². The molecule has 0 aliphatic rings. The zero-order chi connectivity index (χ0) is 14.9. The predicted molar refractivity (Wildman–Crippen MR) is 81.2 cm³/mol. The smallest absolute Gasteiger partial charge is 0.264 e. The molecular weight excluding hydrogens is 288 g/mol. The average molecular weight is 300 g/mol. The topological polar surface area (TPSA) is 98.0 Å². The summed E-state index contributed by atoms with van der Waals surface area (Å²) < 4.78 is 27.3. The fourth-order valence-corrected chi connectivity index (χ4v) is 3.22. The number of nitrogens with two attached hydrogens (primary N) is 1. The third-order valence-electron chi connectivity index (χ3n) is 2.95. The monoisotopic (exact) mass is 300 g/mol. The second-order valence-electron chi connectivity index (χ2n) is 4.41. The third-order valence-corrected chi connectivity index (χ3v) is 4.33. The largest absolute Gasteiger partial charge is 0.399 e. The molecule has 7 heteroatoms. The second kappa shape index (κ2) is 5.02. The number of anilines is 2. The highest BCUT2D eigenvalue weighted by atomic mass is 32.2. The molecule has 106 valence electrons. The lowest BCUT2D eigenvalue weighted by atomic mass is 10.1. The van der Waals surface area contributed by atoms with Crippen molar-refractivity contribution in [2.45, 2.75) is 4.90 Å². The fraction of sp³-hybridized carbons (Fsp3) is 0. The molecule has 0 unspecified atom stereocenters. The summed E-state index contributed by atoms with van der Waals surface area (Å²) in [5, 5.41) is 1.35. The summed E-state index contributed by atoms with van der Waals surface area (Å²) in [4.78, 5) is 7.88. The van der Waals surface area contributed by atoms with E-state index >= 15 is 0 Å². The number of nitrogens with zero attached hydrogens (tertiary/aromatic N) is 2. The van der Waals surface area contributed by atoms with Gasteiger partial charge in [0.05, 0.1) is 4.90 Å². The Balaban J connectivity index is 2.11. The predicted octanol–water partition coefficient (Wildman–Crippen LogP) is 2.01. The Morgan fingerprint density at radius 1 is 1.00 bits per heavy atom. The van der Waals surface area contributed by atoms with Gasteiger partial charge in [-0.2, -0.15) is 0 Å². The lowest BCUT2D eigenvalue weighted by Gasteiger charge is -2.09. The molecule has 2 aromatic carbocycles. The van der Waals surface area contributed by atoms with E-state index in [1.807, 2.05) is 6.07 Å². The van der Waals surface area contributed by atoms with E-state index in [0.717, 1.165) is 5.39 Å². The van der Waals surface area contributed by atoms with Gasteiger partial charge in [0.15, 0.2) is 0 Å². The minimum absolute atomic E-state index is 0.0324. The summed E-state index contributed by atoms with van der Waals surface area (Å²) in [7, 11) is -3.77. The Morgan fingerprint density at radius 3 is 2.52 bits per heavy atom. The lowest BCUT2D eigenvalue weighted by Crippen LogP contribution is -2.15. The van der Waals surface area contributed by atoms with Crippen LogP contribution in [0.25, 0.3) is 10.8 Å². The summed E-state index contributed by atoms with van der Waals surface area (Å²) in [6.07, 6.45) is 2.93. The van der Waals surface area contributed by atoms with E-state index in [-0.39, 0.29) is 10.8 Å². The van der Waals surface area contributed by atoms with Gasteiger partial charge >= 0.3 is 0 Å². The number of fused-ring (bicyclic) bond motifs is 1. The van der Waals surface area contributed by atoms with Crippen LogP contribution in [0, 0.1) is 0 Å². The number of nitrogen functional groups attached to an aromatic ring is 1. The van der Waals surface area contributed by atoms with Gasteiger partial charge in [0, 0.05) is 23.5 Å². The molecule has 0 aliphatic carbocycles. The van der Waals surface area contributed by atoms with Crippen molar-refractivity contribution in [3.05, 3.63) is 54.9 Å². The van der Waals surface area contributed by atoms with E-state index in [2.05, 4.69) is 14.7 Å². The van der Waals surface area contributed by atoms with Gasteiger partial charge < -0.3 is 5.73 Å². The molecule has 0 aliphatic heterocycles. The van der Waals surface area contributed by atoms with Crippen molar-refractivity contribution in [3.8, 4) is 0 Å². The number of hydrogen-bond donors (Lipinski definition) is 2. The quantitative estimate of drug-likeness (QED) is 0.721. The van der Waals surface area contributed by atoms with Gasteiger partial charge in [-0.25, -0.2) is 23.1 Å². The van der Waals surface area contributed by atoms with Crippen LogP contribution >= 0.6 is 0 Å². The molecule has 3 aromatic rings. The van der Waals surface area contributed by atoms with E-state index in [1.54, 1.807) is 30.3 Å². The molecule has 0 bridgehead atoms. The van der Waals surface area contributed by atoms with Crippen molar-refractivity contribution in [1.29, 1.82) is 0 Å². The third kappa shape index (κ3) is 2.63. The van der Waals surface area contributed by atoms with E-state index < -0.39 is 10.0 Å². The summed E-state index contributed by atoms with van der Waals surface area (Å²) in [5.74, 6) is 0.0324. The van der Waals surface area contributed by atoms with Crippen molar-refractivity contribution in [3.63, 3.8) is 0 Å². The standard InChI is InChI=1S/C14H12N4O2S/c15-11-5-6-12-10(9-11)3-1-4-13(12)21(19,20)18-14-16-7-2-8-17-14/h1-9H,15H2,(H,16,17,18). The first-order chi connectivity index (χ1) is 10.1. The minimum Gasteiger partial charge on any atom is -0.399 e. The molecular formula is C14H12N4O2S. The molecule has 0 spiro atoms. The van der Waals surface area contributed by atoms with Crippen LogP contribution in [0.5, 0.6) is 0 Å². The van der Waals surface area contributed by atoms with Gasteiger partial charge in [-0.3, -0.25) is 0 Å². The van der Waals surface area contributed by atoms with Gasteiger partial charge in [0.25, 0.3) is 10.0 Å². The maximum Gasteiger partial charge on any atom is 0.264 e. The highest BCUT2D eigenvalue weighted by Crippen LogP contribution is 2.25. The highest BCUT2D eigenvalue weighted by molar-refractivity contribution is 7.93. The van der Waals surface area contributed by atoms with Crippen LogP contribution in [-0.2, 0) is 10.0 Å². The number of sulfonamides is 1. The first kappa shape index (κ1) is 13.3. The molecule has 21 heavy (non-hydrogen) atoms. The molecule has 0 atom stereocenters. The molecule has 0 amide bonds. The molecule has 6 nitrogen and oxygen atoms in total. The first-order valence-electron chi connectivity index (χ1n) is 6.14. The SMILES string of the molecule is Nc1ccc2c(S(=O)(=O)Nc3ncccn3)cccc2c1. The van der Waals surface area contributed by atoms with Crippen molar-refractivity contribution in [2.24, 2.45) is 0 Å². The highest BCUT2D eigenvalue weighted by Gasteiger charge is 2.18. The molecule has 0 saturated heterocycles. The number of rotatable bonds is 3. The fourth-order valence-electron chi connectivity index (χ4n) is 2.03. The zero-order valence-electron chi connectivity index (χ0n) is 10.9. The Morgan fingerprint density at radius 2 is 1.76 bits per heavy atom. The molecule has 0 radical (unpaired) electrons. The molecule has 3 rings (SSSR count). The number of hydrogen-bond acceptors (Lipinski definition) is 5. The minimum atomic E-state index is -3.77. The lowest BCUT2D eigenvalue weighted by molar-refractivity contribution is 0.601. The molecule has 3 N–H and O–H groups in total. The summed E-state index contributed by atoms with van der Waals surface area (Å²) in [5.41, 5.74) is 6.30. The number of nitrogens with one attached hydrogen (secondary N) is 1. The average Bonchev–Trinajstić information content (AvgIpc) is 2.47. The summed E-state index contributed by atoms with van der Waals surface area (Å²) >= 11 is 0. The van der Waals surface area contributed by atoms with E-state index in [0.29, 0.717) is 11.1 Å². The molecule has 1 heterocycles. The number of aromatic nitrogens is 2. The summed E-state index contributed by atoms with van der Waals surface area (Å²) in [6, 6.07) is 11.7. The van der Waals surface area contributed by atoms with Gasteiger partial charge in [0.2, 0.25) is 5.95 Å². The van der Waals surface area contributed by atoms with E-state index in [1.165, 1.54) is 18.5 Å². The van der Waals surface area contributed by atoms with Crippen LogP contribution < -0.4 is 10.5 Å². The van der Waals surface area contributed by atoms with Crippen LogP contribution in [0.1, 0.15) is 0 Å². The second-order valence-corrected chi connectivity index (χ2v) is 6.07. The van der Waals surface area contributed by atoms with Crippen molar-refractivity contribution in [1.82, 2.24) is 9.97 Å². The van der Waals surface area contributed by atoms with Crippen LogP contribution in [0.15, 0.2) is 59.8 Å². The van der Waals surface area contributed by atoms with Gasteiger partial charge in [-0.05, 0) is 29.7 Å². The molecule has 0 saturated carbocycles. The molecule has 1 aromatic heterocycles. The van der Waals surface area contributed by atoms with Gasteiger partial charge in [-0.15, -0.1) is 0 Å². The normalized spacial score (nSPS) is 11.4. The van der Waals surface area contributed by atoms with Gasteiger partial charge in [0.1, 0.15) is 0 Å². The maximum atomic E-state index is 12.5. The number of benzene rings is 2. The van der Waals surface area contributed by atoms with Crippen molar-refractivity contribution >= 4 is 32.4 Å². The van der Waals surface area contributed by atoms with Crippen LogP contribution in [0.4, 0.5) is 11.6 Å². The Labute approximate surface area is 121 Å². The van der Waals surface area contributed by atoms with Crippen molar-refractivity contribution in [2.75, 3.05) is 10.5 Å². The Bertz CT molecular complexity index is 895. The molecule has 0 fully saturated rings. The summed E-state index contributed by atoms with van der Waals surface area (Å²) in [6.45, 7) is 0. The van der Waals surface area contributed by atoms with Gasteiger partial charge in [-0.1, -0.05) is 18.2 Å². The van der Waals surface area contributed by atoms with Crippen molar-refractivity contribution < 1.29 is 8.42 Å². The maximum absolute atomic E-state index is 12.5. The van der Waals surface area contributed by atoms with E-state index in [4.69, 9.17) is 5.73 Å². The first-order valence-corrected chi connectivity index (χ1v) is 7.63. The Kier molecular flexibility index (Phi) is 3.19. The van der Waals surface area contributed by atoms with Crippen LogP contribution in [0.2, 0.25) is 0 Å². The zero-order valence-corrected chi connectivity index (χ0v) is 11.7.